The zero-order valence-electron chi connectivity index (χ0n) is 19.1. The molecule has 1 N–H and O–H groups in total. The Morgan fingerprint density at radius 3 is 2.71 bits per heavy atom. The molecular weight excluding hydrogens is 400 g/mol. The number of ether oxygens (including phenoxy) is 2. The molecule has 3 rings (SSSR count). The average Bonchev–Trinajstić information content (AvgIpc) is 3.23. The molecule has 3 unspecified atom stereocenters. The maximum atomic E-state index is 13.8. The summed E-state index contributed by atoms with van der Waals surface area (Å²) in [6.07, 6.45) is 3.93. The van der Waals surface area contributed by atoms with Crippen LogP contribution in [-0.2, 0) is 23.9 Å². The van der Waals surface area contributed by atoms with E-state index in [0.717, 1.165) is 12.8 Å². The topological polar surface area (TPSA) is 96.4 Å². The summed E-state index contributed by atoms with van der Waals surface area (Å²) in [5, 5.41) is 9.65. The van der Waals surface area contributed by atoms with E-state index in [1.807, 2.05) is 13.8 Å². The number of nitrogens with zero attached hydrogens (tertiary/aromatic N) is 2. The first kappa shape index (κ1) is 23.7. The van der Waals surface area contributed by atoms with E-state index in [1.54, 1.807) is 17.9 Å². The molecule has 0 aliphatic carbocycles. The molecule has 3 fully saturated rings. The van der Waals surface area contributed by atoms with Crippen molar-refractivity contribution in [3.8, 4) is 0 Å². The highest BCUT2D eigenvalue weighted by Gasteiger charge is 2.80. The largest absolute Gasteiger partial charge is 0.466 e. The monoisotopic (exact) mass is 436 g/mol. The summed E-state index contributed by atoms with van der Waals surface area (Å²) in [4.78, 5) is 43.5. The van der Waals surface area contributed by atoms with Gasteiger partial charge in [0.1, 0.15) is 17.6 Å². The Hall–Kier alpha value is -1.93. The van der Waals surface area contributed by atoms with Gasteiger partial charge in [-0.2, -0.15) is 0 Å². The van der Waals surface area contributed by atoms with Crippen LogP contribution in [0.2, 0.25) is 0 Å². The number of rotatable bonds is 10. The molecule has 174 valence electrons. The fourth-order valence-corrected chi connectivity index (χ4v) is 5.93. The van der Waals surface area contributed by atoms with E-state index in [2.05, 4.69) is 13.5 Å². The summed E-state index contributed by atoms with van der Waals surface area (Å²) in [6.45, 7) is 12.3. The summed E-state index contributed by atoms with van der Waals surface area (Å²) < 4.78 is 11.9. The SMILES string of the molecule is C=CCN(CCCC)C(=O)C1N(CCO)C(=O)[C@@H]2[C@H](C(=O)OCC)[C@@]3(C)OC12CC3C. The van der Waals surface area contributed by atoms with E-state index in [1.165, 1.54) is 4.90 Å². The van der Waals surface area contributed by atoms with Gasteiger partial charge in [0.2, 0.25) is 11.8 Å². The number of unbranched alkanes of at least 4 members (excludes halogenated alkanes) is 1. The molecule has 3 aliphatic rings. The standard InChI is InChI=1S/C23H36N2O6/c1-6-9-11-24(10-7-2)20(28)18-23-14-15(4)22(5,31-23)17(21(29)30-8-3)16(23)19(27)25(18)12-13-26/h7,15-18,26H,2,6,8-14H2,1,3-5H3/t15?,16-,17+,18?,22-,23?/m0/s1. The molecule has 1 spiro atoms. The van der Waals surface area contributed by atoms with Crippen LogP contribution in [0.5, 0.6) is 0 Å². The van der Waals surface area contributed by atoms with E-state index < -0.39 is 35.0 Å². The molecule has 2 amide bonds. The Morgan fingerprint density at radius 2 is 2.13 bits per heavy atom. The molecule has 3 saturated heterocycles. The van der Waals surface area contributed by atoms with Crippen molar-refractivity contribution >= 4 is 17.8 Å². The Balaban J connectivity index is 2.07. The van der Waals surface area contributed by atoms with Crippen molar-refractivity contribution in [2.45, 2.75) is 64.2 Å². The van der Waals surface area contributed by atoms with Gasteiger partial charge >= 0.3 is 5.97 Å². The molecule has 3 aliphatic heterocycles. The highest BCUT2D eigenvalue weighted by Crippen LogP contribution is 2.65. The van der Waals surface area contributed by atoms with Gasteiger partial charge in [-0.15, -0.1) is 6.58 Å². The molecule has 8 nitrogen and oxygen atoms in total. The van der Waals surface area contributed by atoms with Crippen LogP contribution in [0.1, 0.15) is 47.0 Å². The minimum atomic E-state index is -1.10. The van der Waals surface area contributed by atoms with E-state index in [9.17, 15) is 19.5 Å². The first-order valence-corrected chi connectivity index (χ1v) is 11.4. The third kappa shape index (κ3) is 3.48. The minimum absolute atomic E-state index is 0.0210. The minimum Gasteiger partial charge on any atom is -0.466 e. The van der Waals surface area contributed by atoms with Crippen LogP contribution in [0.4, 0.5) is 0 Å². The van der Waals surface area contributed by atoms with Gasteiger partial charge in [0.05, 0.1) is 24.7 Å². The lowest BCUT2D eigenvalue weighted by Crippen LogP contribution is -2.57. The van der Waals surface area contributed by atoms with E-state index in [0.29, 0.717) is 19.5 Å². The van der Waals surface area contributed by atoms with Crippen molar-refractivity contribution in [2.75, 3.05) is 32.8 Å². The van der Waals surface area contributed by atoms with Crippen molar-refractivity contribution in [1.82, 2.24) is 9.80 Å². The number of aliphatic hydroxyl groups excluding tert-OH is 1. The fourth-order valence-electron chi connectivity index (χ4n) is 5.93. The molecule has 0 aromatic heterocycles. The molecule has 8 heteroatoms. The zero-order valence-corrected chi connectivity index (χ0v) is 19.1. The van der Waals surface area contributed by atoms with Crippen molar-refractivity contribution in [3.63, 3.8) is 0 Å². The molecule has 6 atom stereocenters. The van der Waals surface area contributed by atoms with Gasteiger partial charge in [0.15, 0.2) is 0 Å². The number of β-amino-alcohol motifs (C(OH)–C–C–N with tert-alkyl or cyclic N) is 1. The van der Waals surface area contributed by atoms with E-state index in [4.69, 9.17) is 9.47 Å². The molecule has 3 heterocycles. The Morgan fingerprint density at radius 1 is 1.42 bits per heavy atom. The second-order valence-corrected chi connectivity index (χ2v) is 9.14. The number of hydrogen-bond donors (Lipinski definition) is 1. The van der Waals surface area contributed by atoms with Gasteiger partial charge in [-0.1, -0.05) is 26.3 Å². The van der Waals surface area contributed by atoms with E-state index in [-0.39, 0.29) is 37.5 Å². The van der Waals surface area contributed by atoms with Crippen LogP contribution in [-0.4, -0.2) is 82.8 Å². The summed E-state index contributed by atoms with van der Waals surface area (Å²) in [6, 6.07) is -0.877. The third-order valence-corrected chi connectivity index (χ3v) is 7.37. The maximum absolute atomic E-state index is 13.8. The highest BCUT2D eigenvalue weighted by molar-refractivity contribution is 5.98. The number of hydrogen-bond acceptors (Lipinski definition) is 6. The lowest BCUT2D eigenvalue weighted by atomic mass is 9.62. The first-order chi connectivity index (χ1) is 14.7. The van der Waals surface area contributed by atoms with Gasteiger partial charge in [0, 0.05) is 19.6 Å². The lowest BCUT2D eigenvalue weighted by molar-refractivity contribution is -0.162. The number of fused-ring (bicyclic) bond motifs is 1. The summed E-state index contributed by atoms with van der Waals surface area (Å²) in [5.41, 5.74) is -1.97. The predicted molar refractivity (Wildman–Crippen MR) is 114 cm³/mol. The number of amides is 2. The van der Waals surface area contributed by atoms with Crippen molar-refractivity contribution < 1.29 is 29.0 Å². The Labute approximate surface area is 184 Å². The fraction of sp³-hybridized carbons (Fsp3) is 0.783. The second kappa shape index (κ2) is 8.90. The molecule has 0 aromatic rings. The number of carbonyl (C=O) groups excluding carboxylic acids is 3. The molecule has 0 saturated carbocycles. The van der Waals surface area contributed by atoms with Crippen LogP contribution in [0.3, 0.4) is 0 Å². The summed E-state index contributed by atoms with van der Waals surface area (Å²) in [7, 11) is 0. The number of likely N-dealkylation sites (tertiary alicyclic amines) is 1. The quantitative estimate of drug-likeness (QED) is 0.410. The smallest absolute Gasteiger partial charge is 0.312 e. The number of esters is 1. The second-order valence-electron chi connectivity index (χ2n) is 9.14. The van der Waals surface area contributed by atoms with Gasteiger partial charge in [-0.3, -0.25) is 14.4 Å². The van der Waals surface area contributed by atoms with Crippen molar-refractivity contribution in [1.29, 1.82) is 0 Å². The zero-order chi connectivity index (χ0) is 23.0. The van der Waals surface area contributed by atoms with Gasteiger partial charge < -0.3 is 24.4 Å². The first-order valence-electron chi connectivity index (χ1n) is 11.4. The van der Waals surface area contributed by atoms with Crippen LogP contribution in [0, 0.1) is 17.8 Å². The summed E-state index contributed by atoms with van der Waals surface area (Å²) in [5.74, 6) is -2.56. The maximum Gasteiger partial charge on any atom is 0.312 e. The third-order valence-electron chi connectivity index (χ3n) is 7.37. The Bertz CT molecular complexity index is 742. The highest BCUT2D eigenvalue weighted by atomic mass is 16.6. The number of aliphatic hydroxyl groups is 1. The van der Waals surface area contributed by atoms with E-state index >= 15 is 0 Å². The average molecular weight is 437 g/mol. The van der Waals surface area contributed by atoms with Gasteiger partial charge in [-0.05, 0) is 32.6 Å². The van der Waals surface area contributed by atoms with Crippen molar-refractivity contribution in [2.24, 2.45) is 17.8 Å². The number of carbonyl (C=O) groups is 3. The van der Waals surface area contributed by atoms with Crippen LogP contribution < -0.4 is 0 Å². The van der Waals surface area contributed by atoms with Crippen LogP contribution in [0.25, 0.3) is 0 Å². The predicted octanol–water partition coefficient (Wildman–Crippen LogP) is 1.37. The molecule has 31 heavy (non-hydrogen) atoms. The molecule has 2 bridgehead atoms. The normalized spacial score (nSPS) is 35.9. The molecule has 0 aromatic carbocycles. The van der Waals surface area contributed by atoms with Crippen LogP contribution in [0.15, 0.2) is 12.7 Å². The van der Waals surface area contributed by atoms with Crippen molar-refractivity contribution in [3.05, 3.63) is 12.7 Å². The summed E-state index contributed by atoms with van der Waals surface area (Å²) >= 11 is 0. The molecule has 0 radical (unpaired) electrons. The van der Waals surface area contributed by atoms with Gasteiger partial charge in [-0.25, -0.2) is 0 Å². The lowest BCUT2D eigenvalue weighted by Gasteiger charge is -2.37. The van der Waals surface area contributed by atoms with Crippen LogP contribution >= 0.6 is 0 Å². The van der Waals surface area contributed by atoms with Gasteiger partial charge in [0.25, 0.3) is 0 Å². The Kier molecular flexibility index (Phi) is 6.81. The molecular formula is C23H36N2O6.